The van der Waals surface area contributed by atoms with Gasteiger partial charge in [-0.2, -0.15) is 8.78 Å². The topological polar surface area (TPSA) is 317 Å². The maximum absolute atomic E-state index is 15.0. The maximum Gasteiger partial charge on any atom is 0.410 e. The number of carbonyl (C=O) groups is 8. The normalized spacial score (nSPS) is 16.7. The zero-order valence-corrected chi connectivity index (χ0v) is 69.4. The molecule has 119 heavy (non-hydrogen) atoms. The van der Waals surface area contributed by atoms with Crippen molar-refractivity contribution in [2.45, 2.75) is 131 Å². The van der Waals surface area contributed by atoms with Gasteiger partial charge < -0.3 is 74.2 Å². The Morgan fingerprint density at radius 2 is 0.882 bits per heavy atom. The second-order valence-corrected chi connectivity index (χ2v) is 32.9. The largest absolute Gasteiger partial charge is 0.494 e. The van der Waals surface area contributed by atoms with Crippen molar-refractivity contribution in [2.75, 3.05) is 124 Å². The molecular formula is C86H105F4N15O14. The first-order valence-corrected chi connectivity index (χ1v) is 40.3. The van der Waals surface area contributed by atoms with Crippen molar-refractivity contribution in [1.29, 1.82) is 0 Å². The molecule has 0 unspecified atom stereocenters. The number of fused-ring (bicyclic) bond motifs is 2. The number of nitrogens with one attached hydrogen (secondary N) is 4. The fourth-order valence-corrected chi connectivity index (χ4v) is 16.2. The third kappa shape index (κ3) is 19.4. The van der Waals surface area contributed by atoms with Gasteiger partial charge in [0.1, 0.15) is 11.2 Å². The summed E-state index contributed by atoms with van der Waals surface area (Å²) in [6, 6.07) is 16.0. The molecule has 29 nitrogen and oxygen atoms in total. The molecule has 0 radical (unpaired) electrons. The number of aromatic nitrogens is 6. The molecule has 33 heteroatoms. The number of esters is 2. The summed E-state index contributed by atoms with van der Waals surface area (Å²) >= 11 is 0. The molecule has 8 aromatic rings. The summed E-state index contributed by atoms with van der Waals surface area (Å²) in [6.07, 6.45) is 13.4. The molecule has 4 N–H and O–H groups in total. The fourth-order valence-electron chi connectivity index (χ4n) is 16.2. The van der Waals surface area contributed by atoms with Crippen LogP contribution < -0.4 is 30.7 Å². The highest BCUT2D eigenvalue weighted by Gasteiger charge is 2.47. The minimum absolute atomic E-state index is 0.00335. The van der Waals surface area contributed by atoms with Gasteiger partial charge in [-0.3, -0.25) is 37.6 Å². The Balaban J connectivity index is 0.000000219. The second-order valence-electron chi connectivity index (χ2n) is 32.9. The summed E-state index contributed by atoms with van der Waals surface area (Å²) in [5.74, 6) is -5.38. The Morgan fingerprint density at radius 3 is 1.26 bits per heavy atom. The van der Waals surface area contributed by atoms with Crippen LogP contribution in [0.4, 0.5) is 50.2 Å². The van der Waals surface area contributed by atoms with E-state index in [1.807, 2.05) is 72.4 Å². The van der Waals surface area contributed by atoms with Crippen LogP contribution in [0.1, 0.15) is 139 Å². The summed E-state index contributed by atoms with van der Waals surface area (Å²) in [7, 11) is 5.19. The highest BCUT2D eigenvalue weighted by Crippen LogP contribution is 2.40. The molecule has 6 amide bonds. The molecule has 0 atom stereocenters. The number of halogens is 4. The van der Waals surface area contributed by atoms with Gasteiger partial charge in [-0.1, -0.05) is 13.8 Å². The Morgan fingerprint density at radius 1 is 0.487 bits per heavy atom. The van der Waals surface area contributed by atoms with Gasteiger partial charge in [-0.15, -0.1) is 0 Å². The summed E-state index contributed by atoms with van der Waals surface area (Å²) in [6.45, 7) is 21.2. The number of nitrogens with zero attached hydrogens (tertiary/aromatic N) is 11. The van der Waals surface area contributed by atoms with Gasteiger partial charge in [0.25, 0.3) is 11.8 Å². The number of piperidine rings is 4. The molecule has 636 valence electrons. The molecule has 5 fully saturated rings. The first kappa shape index (κ1) is 86.7. The van der Waals surface area contributed by atoms with E-state index in [9.17, 15) is 51.5 Å². The van der Waals surface area contributed by atoms with Crippen LogP contribution in [-0.2, 0) is 51.0 Å². The van der Waals surface area contributed by atoms with Crippen molar-refractivity contribution in [2.24, 2.45) is 28.6 Å². The minimum atomic E-state index is -1.10. The van der Waals surface area contributed by atoms with Gasteiger partial charge in [-0.05, 0) is 191 Å². The number of likely N-dealkylation sites (tertiary alicyclic amines) is 5. The summed E-state index contributed by atoms with van der Waals surface area (Å²) < 4.78 is 93.5. The van der Waals surface area contributed by atoms with Crippen molar-refractivity contribution >= 4 is 82.1 Å². The SMILES string of the molecule is CCc1cc(Nc2nccn3c(-c4ccc(OC)c(F)c4F)cnc23)ccc1C(=O)NCC1(C(=O)OC)CCN(C(=O)C2CCN(C(=O)OC(C)(C)C)CC2)CC1.CCc1cc(Nc2nccn3c(-c4ccc(OC)c(F)c4F)cnc23)ccc1C(=O)NCC1(C(=O)OC)CCN(C(=O)C2CCN(CC3CN(C(=O)OC(C)(C)C)C3)CC2)CC1. The number of carbonyl (C=O) groups excluding carboxylic acids is 8. The molecule has 5 aliphatic rings. The average molecular weight is 1650 g/mol. The lowest BCUT2D eigenvalue weighted by Gasteiger charge is -2.44. The number of aryl methyl sites for hydroxylation is 2. The zero-order chi connectivity index (χ0) is 85.4. The molecule has 4 aromatic carbocycles. The number of imidazole rings is 2. The molecule has 9 heterocycles. The molecular weight excluding hydrogens is 1540 g/mol. The number of hydrogen-bond donors (Lipinski definition) is 4. The number of rotatable bonds is 22. The third-order valence-electron chi connectivity index (χ3n) is 23.0. The fraction of sp³-hybridized carbons (Fsp3) is 0.488. The monoisotopic (exact) mass is 1650 g/mol. The lowest BCUT2D eigenvalue weighted by atomic mass is 9.77. The van der Waals surface area contributed by atoms with Crippen LogP contribution in [0, 0.1) is 51.9 Å². The van der Waals surface area contributed by atoms with Crippen molar-refractivity contribution in [3.8, 4) is 34.0 Å². The minimum Gasteiger partial charge on any atom is -0.494 e. The Kier molecular flexibility index (Phi) is 26.7. The van der Waals surface area contributed by atoms with E-state index in [2.05, 4.69) is 46.1 Å². The summed E-state index contributed by atoms with van der Waals surface area (Å²) in [4.78, 5) is 133. The van der Waals surface area contributed by atoms with E-state index in [4.69, 9.17) is 28.4 Å². The molecule has 0 bridgehead atoms. The number of methoxy groups -OCH3 is 4. The van der Waals surface area contributed by atoms with E-state index in [1.165, 1.54) is 77.5 Å². The standard InChI is InChI=1S/C45H56F2N8O7.C41H49F2N7O7/c1-7-29-22-31(51-38-39-49-23-34(55(39)21-16-48-38)33-10-11-35(60-5)37(47)36(33)46)8-9-32(29)40(56)50-27-45(42(58)61-6)14-19-53(20-15-45)41(57)30-12-17-52(18-13-30)24-28-25-54(26-28)43(59)62-44(2,3)4;1-7-25-22-27(47-34-35-45-23-30(50(35)21-16-44-34)29-10-11-31(55-5)33(43)32(29)42)8-9-28(25)36(51)46-24-41(38(53)56-6)14-19-48(20-15-41)37(52)26-12-17-49(18-13-26)39(54)57-40(2,3)4/h8-11,16,21-23,28,30H,7,12-15,17-20,24-27H2,1-6H3,(H,48,51)(H,50,56);8-11,16,21-23,26H,7,12-15,17-20,24H2,1-6H3,(H,44,47)(H,46,51). The maximum atomic E-state index is 15.0. The highest BCUT2D eigenvalue weighted by molar-refractivity contribution is 5.98. The van der Waals surface area contributed by atoms with Gasteiger partial charge in [0, 0.05) is 148 Å². The van der Waals surface area contributed by atoms with Gasteiger partial charge in [0.05, 0.1) is 63.1 Å². The zero-order valence-electron chi connectivity index (χ0n) is 69.4. The van der Waals surface area contributed by atoms with Crippen LogP contribution in [-0.4, -0.2) is 226 Å². The predicted molar refractivity (Wildman–Crippen MR) is 434 cm³/mol. The smallest absolute Gasteiger partial charge is 0.410 e. The molecule has 5 saturated heterocycles. The Labute approximate surface area is 688 Å². The molecule has 13 rings (SSSR count). The molecule has 0 saturated carbocycles. The first-order chi connectivity index (χ1) is 56.8. The van der Waals surface area contributed by atoms with Crippen LogP contribution in [0.25, 0.3) is 33.8 Å². The number of amides is 6. The van der Waals surface area contributed by atoms with Gasteiger partial charge in [-0.25, -0.2) is 38.3 Å². The number of benzene rings is 4. The number of ether oxygens (including phenoxy) is 6. The van der Waals surface area contributed by atoms with E-state index in [0.29, 0.717) is 166 Å². The van der Waals surface area contributed by atoms with Crippen molar-refractivity contribution < 1.29 is 84.3 Å². The van der Waals surface area contributed by atoms with Crippen molar-refractivity contribution in [3.05, 3.63) is 143 Å². The Bertz CT molecular complexity index is 5090. The summed E-state index contributed by atoms with van der Waals surface area (Å²) in [5.41, 5.74) is 1.88. The van der Waals surface area contributed by atoms with Crippen molar-refractivity contribution in [3.63, 3.8) is 0 Å². The number of hydrogen-bond acceptors (Lipinski definition) is 21. The van der Waals surface area contributed by atoms with E-state index in [1.54, 1.807) is 60.2 Å². The van der Waals surface area contributed by atoms with E-state index in [0.717, 1.165) is 43.6 Å². The average Bonchev–Trinajstić information content (AvgIpc) is 1.65. The summed E-state index contributed by atoms with van der Waals surface area (Å²) in [5, 5.41) is 12.4. The van der Waals surface area contributed by atoms with Crippen LogP contribution in [0.15, 0.2) is 97.8 Å². The molecule has 0 spiro atoms. The van der Waals surface area contributed by atoms with Gasteiger partial charge >= 0.3 is 24.1 Å². The van der Waals surface area contributed by atoms with Crippen LogP contribution >= 0.6 is 0 Å². The van der Waals surface area contributed by atoms with E-state index in [-0.39, 0.29) is 83.4 Å². The van der Waals surface area contributed by atoms with Crippen LogP contribution in [0.3, 0.4) is 0 Å². The quantitative estimate of drug-likeness (QED) is 0.0278. The number of anilines is 4. The lowest BCUT2D eigenvalue weighted by molar-refractivity contribution is -0.158. The van der Waals surface area contributed by atoms with Gasteiger partial charge in [0.15, 0.2) is 46.1 Å². The lowest BCUT2D eigenvalue weighted by Crippen LogP contribution is -2.56. The molecule has 5 aliphatic heterocycles. The Hall–Kier alpha value is -11.6. The van der Waals surface area contributed by atoms with E-state index < -0.39 is 57.2 Å². The van der Waals surface area contributed by atoms with Crippen LogP contribution in [0.2, 0.25) is 0 Å². The first-order valence-electron chi connectivity index (χ1n) is 40.3. The van der Waals surface area contributed by atoms with E-state index >= 15 is 4.39 Å². The van der Waals surface area contributed by atoms with Crippen LogP contribution in [0.5, 0.6) is 11.5 Å². The molecule has 4 aromatic heterocycles. The molecule has 0 aliphatic carbocycles. The van der Waals surface area contributed by atoms with Crippen molar-refractivity contribution in [1.82, 2.24) is 63.9 Å². The highest BCUT2D eigenvalue weighted by atomic mass is 19.2. The predicted octanol–water partition coefficient (Wildman–Crippen LogP) is 12.2. The third-order valence-corrected chi connectivity index (χ3v) is 23.0. The van der Waals surface area contributed by atoms with Gasteiger partial charge in [0.2, 0.25) is 23.4 Å². The second kappa shape index (κ2) is 36.7.